The molecule has 0 unspecified atom stereocenters. The molecule has 0 saturated carbocycles. The molecule has 0 amide bonds. The number of anilines is 3. The molecule has 0 saturated heterocycles. The Kier molecular flexibility index (Phi) is 4.45. The molecule has 0 bridgehead atoms. The van der Waals surface area contributed by atoms with E-state index in [9.17, 15) is 8.42 Å². The van der Waals surface area contributed by atoms with Crippen molar-refractivity contribution in [2.24, 2.45) is 0 Å². The Bertz CT molecular complexity index is 995. The summed E-state index contributed by atoms with van der Waals surface area (Å²) in [5.74, 6) is 1.75. The minimum Gasteiger partial charge on any atom is -0.360 e. The molecule has 0 aliphatic carbocycles. The van der Waals surface area contributed by atoms with Crippen LogP contribution < -0.4 is 10.0 Å². The minimum absolute atomic E-state index is 0.248. The molecule has 0 radical (unpaired) electrons. The van der Waals surface area contributed by atoms with Crippen LogP contribution in [0.3, 0.4) is 0 Å². The van der Waals surface area contributed by atoms with E-state index in [2.05, 4.69) is 20.2 Å². The Morgan fingerprint density at radius 1 is 1.00 bits per heavy atom. The summed E-state index contributed by atoms with van der Waals surface area (Å²) in [4.78, 5) is 4.43. The standard InChI is InChI=1S/C17H18N4O3S/c1-11-4-6-15(12(2)8-11)25(22,23)21-14-5-7-16(18-10-14)19-17-9-13(3)24-20-17/h4-10,21H,1-3H3,(H,18,19,20). The lowest BCUT2D eigenvalue weighted by atomic mass is 10.2. The van der Waals surface area contributed by atoms with E-state index < -0.39 is 10.0 Å². The summed E-state index contributed by atoms with van der Waals surface area (Å²) in [6.07, 6.45) is 1.44. The van der Waals surface area contributed by atoms with Crippen molar-refractivity contribution in [2.45, 2.75) is 25.7 Å². The highest BCUT2D eigenvalue weighted by Gasteiger charge is 2.17. The minimum atomic E-state index is -3.67. The van der Waals surface area contributed by atoms with E-state index in [4.69, 9.17) is 4.52 Å². The Balaban J connectivity index is 1.76. The second-order valence-corrected chi connectivity index (χ2v) is 7.41. The number of benzene rings is 1. The van der Waals surface area contributed by atoms with Gasteiger partial charge in [0, 0.05) is 6.07 Å². The van der Waals surface area contributed by atoms with E-state index in [0.29, 0.717) is 28.6 Å². The first-order chi connectivity index (χ1) is 11.8. The highest BCUT2D eigenvalue weighted by atomic mass is 32.2. The largest absolute Gasteiger partial charge is 0.360 e. The normalized spacial score (nSPS) is 11.3. The van der Waals surface area contributed by atoms with Crippen LogP contribution in [0.1, 0.15) is 16.9 Å². The van der Waals surface area contributed by atoms with Crippen LogP contribution in [0.4, 0.5) is 17.3 Å². The van der Waals surface area contributed by atoms with Crippen LogP contribution in [0.25, 0.3) is 0 Å². The first-order valence-corrected chi connectivity index (χ1v) is 9.08. The molecule has 0 spiro atoms. The summed E-state index contributed by atoms with van der Waals surface area (Å²) in [5, 5.41) is 6.78. The van der Waals surface area contributed by atoms with E-state index in [-0.39, 0.29) is 4.90 Å². The van der Waals surface area contributed by atoms with Gasteiger partial charge < -0.3 is 9.84 Å². The topological polar surface area (TPSA) is 97.1 Å². The number of nitrogens with one attached hydrogen (secondary N) is 2. The molecule has 8 heteroatoms. The van der Waals surface area contributed by atoms with Gasteiger partial charge in [0.1, 0.15) is 11.6 Å². The van der Waals surface area contributed by atoms with Crippen molar-refractivity contribution in [3.05, 3.63) is 59.5 Å². The van der Waals surface area contributed by atoms with E-state index >= 15 is 0 Å². The van der Waals surface area contributed by atoms with Gasteiger partial charge in [-0.05, 0) is 44.5 Å². The van der Waals surface area contributed by atoms with Crippen molar-refractivity contribution in [1.29, 1.82) is 0 Å². The van der Waals surface area contributed by atoms with Crippen molar-refractivity contribution >= 4 is 27.3 Å². The molecule has 0 atom stereocenters. The Hall–Kier alpha value is -2.87. The van der Waals surface area contributed by atoms with Crippen LogP contribution in [0.2, 0.25) is 0 Å². The van der Waals surface area contributed by atoms with Gasteiger partial charge in [0.15, 0.2) is 5.82 Å². The fraction of sp³-hybridized carbons (Fsp3) is 0.176. The van der Waals surface area contributed by atoms with Crippen LogP contribution in [0.15, 0.2) is 52.0 Å². The first kappa shape index (κ1) is 17.0. The molecular weight excluding hydrogens is 340 g/mol. The third-order valence-electron chi connectivity index (χ3n) is 3.52. The molecule has 2 heterocycles. The molecule has 3 rings (SSSR count). The number of aryl methyl sites for hydroxylation is 3. The molecule has 0 aliphatic rings. The van der Waals surface area contributed by atoms with Crippen molar-refractivity contribution in [3.63, 3.8) is 0 Å². The molecule has 0 fully saturated rings. The summed E-state index contributed by atoms with van der Waals surface area (Å²) in [6.45, 7) is 5.48. The maximum atomic E-state index is 12.5. The van der Waals surface area contributed by atoms with E-state index in [0.717, 1.165) is 5.56 Å². The predicted octanol–water partition coefficient (Wildman–Crippen LogP) is 3.54. The fourth-order valence-corrected chi connectivity index (χ4v) is 3.67. The molecule has 1 aromatic carbocycles. The van der Waals surface area contributed by atoms with Gasteiger partial charge >= 0.3 is 0 Å². The number of sulfonamides is 1. The van der Waals surface area contributed by atoms with Crippen LogP contribution in [0.5, 0.6) is 0 Å². The lowest BCUT2D eigenvalue weighted by molar-refractivity contribution is 0.400. The van der Waals surface area contributed by atoms with Gasteiger partial charge in [-0.1, -0.05) is 22.9 Å². The van der Waals surface area contributed by atoms with E-state index in [1.807, 2.05) is 13.0 Å². The van der Waals surface area contributed by atoms with Crippen LogP contribution in [-0.4, -0.2) is 18.6 Å². The summed E-state index contributed by atoms with van der Waals surface area (Å²) in [7, 11) is -3.67. The SMILES string of the molecule is Cc1ccc(S(=O)(=O)Nc2ccc(Nc3cc(C)on3)nc2)c(C)c1. The molecule has 7 nitrogen and oxygen atoms in total. The van der Waals surface area contributed by atoms with Crippen LogP contribution in [-0.2, 0) is 10.0 Å². The molecule has 130 valence electrons. The number of aromatic nitrogens is 2. The smallest absolute Gasteiger partial charge is 0.262 e. The van der Waals surface area contributed by atoms with Crippen molar-refractivity contribution in [2.75, 3.05) is 10.0 Å². The lowest BCUT2D eigenvalue weighted by Gasteiger charge is -2.11. The maximum absolute atomic E-state index is 12.5. The van der Waals surface area contributed by atoms with Gasteiger partial charge in [-0.3, -0.25) is 4.72 Å². The first-order valence-electron chi connectivity index (χ1n) is 7.60. The highest BCUT2D eigenvalue weighted by Crippen LogP contribution is 2.21. The van der Waals surface area contributed by atoms with Gasteiger partial charge in [-0.15, -0.1) is 0 Å². The second kappa shape index (κ2) is 6.56. The molecule has 25 heavy (non-hydrogen) atoms. The number of rotatable bonds is 5. The molecular formula is C17H18N4O3S. The molecule has 0 aliphatic heterocycles. The average Bonchev–Trinajstić information content (AvgIpc) is 2.93. The summed E-state index contributed by atoms with van der Waals surface area (Å²) in [6, 6.07) is 10.2. The van der Waals surface area contributed by atoms with E-state index in [1.54, 1.807) is 44.2 Å². The number of hydrogen-bond acceptors (Lipinski definition) is 6. The lowest BCUT2D eigenvalue weighted by Crippen LogP contribution is -2.14. The third-order valence-corrected chi connectivity index (χ3v) is 5.06. The van der Waals surface area contributed by atoms with Gasteiger partial charge in [0.25, 0.3) is 10.0 Å². The third kappa shape index (κ3) is 3.97. The van der Waals surface area contributed by atoms with Crippen molar-refractivity contribution < 1.29 is 12.9 Å². The fourth-order valence-electron chi connectivity index (χ4n) is 2.40. The van der Waals surface area contributed by atoms with E-state index in [1.165, 1.54) is 6.20 Å². The molecule has 2 aromatic heterocycles. The molecule has 2 N–H and O–H groups in total. The summed E-state index contributed by atoms with van der Waals surface area (Å²) < 4.78 is 32.6. The Morgan fingerprint density at radius 3 is 2.40 bits per heavy atom. The summed E-state index contributed by atoms with van der Waals surface area (Å²) in [5.41, 5.74) is 2.08. The Labute approximate surface area is 146 Å². The van der Waals surface area contributed by atoms with Gasteiger partial charge in [0.05, 0.1) is 16.8 Å². The predicted molar refractivity (Wildman–Crippen MR) is 95.5 cm³/mol. The zero-order valence-electron chi connectivity index (χ0n) is 14.1. The van der Waals surface area contributed by atoms with Crippen molar-refractivity contribution in [1.82, 2.24) is 10.1 Å². The zero-order chi connectivity index (χ0) is 18.0. The van der Waals surface area contributed by atoms with Crippen LogP contribution in [0, 0.1) is 20.8 Å². The Morgan fingerprint density at radius 2 is 1.80 bits per heavy atom. The van der Waals surface area contributed by atoms with Gasteiger partial charge in [-0.25, -0.2) is 13.4 Å². The van der Waals surface area contributed by atoms with Crippen molar-refractivity contribution in [3.8, 4) is 0 Å². The zero-order valence-corrected chi connectivity index (χ0v) is 14.9. The quantitative estimate of drug-likeness (QED) is 0.724. The van der Waals surface area contributed by atoms with Gasteiger partial charge in [-0.2, -0.15) is 0 Å². The molecule has 3 aromatic rings. The van der Waals surface area contributed by atoms with Crippen LogP contribution >= 0.6 is 0 Å². The number of hydrogen-bond donors (Lipinski definition) is 2. The van der Waals surface area contributed by atoms with Gasteiger partial charge in [0.2, 0.25) is 0 Å². The maximum Gasteiger partial charge on any atom is 0.262 e. The number of nitrogens with zero attached hydrogens (tertiary/aromatic N) is 2. The second-order valence-electron chi connectivity index (χ2n) is 5.75. The average molecular weight is 358 g/mol. The monoisotopic (exact) mass is 358 g/mol. The summed E-state index contributed by atoms with van der Waals surface area (Å²) >= 11 is 0. The number of pyridine rings is 1. The highest BCUT2D eigenvalue weighted by molar-refractivity contribution is 7.92.